The van der Waals surface area contributed by atoms with Gasteiger partial charge in [0.2, 0.25) is 0 Å². The summed E-state index contributed by atoms with van der Waals surface area (Å²) in [6.07, 6.45) is 8.37. The van der Waals surface area contributed by atoms with E-state index >= 15 is 0 Å². The average Bonchev–Trinajstić information content (AvgIpc) is 2.86. The fourth-order valence-electron chi connectivity index (χ4n) is 3.38. The standard InChI is InChI=1S/C24H27FN6O6/c1-23(2,33)24(34,35)37-19-7-16(25)11-30-22(19)36-18-6-14(8-27-13-18)20-28-9-15(10-29-20)21(32)31-17-4-3-5-26-12-17/h6-11,13,17,26,33-35H,3-5,12H2,1-2H3,(H,31,32). The predicted octanol–water partition coefficient (Wildman–Crippen LogP) is 1.13. The molecule has 3 aromatic rings. The summed E-state index contributed by atoms with van der Waals surface area (Å²) in [7, 11) is 0. The van der Waals surface area contributed by atoms with Crippen molar-refractivity contribution in [2.24, 2.45) is 0 Å². The van der Waals surface area contributed by atoms with Crippen molar-refractivity contribution in [2.75, 3.05) is 13.1 Å². The Balaban J connectivity index is 1.50. The molecule has 4 heterocycles. The predicted molar refractivity (Wildman–Crippen MR) is 127 cm³/mol. The highest BCUT2D eigenvalue weighted by Crippen LogP contribution is 2.34. The Morgan fingerprint density at radius 1 is 1.11 bits per heavy atom. The Morgan fingerprint density at radius 3 is 2.54 bits per heavy atom. The van der Waals surface area contributed by atoms with Gasteiger partial charge in [-0.25, -0.2) is 19.3 Å². The molecule has 12 nitrogen and oxygen atoms in total. The molecule has 1 atom stereocenters. The van der Waals surface area contributed by atoms with Crippen molar-refractivity contribution in [3.63, 3.8) is 0 Å². The topological polar surface area (TPSA) is 172 Å². The summed E-state index contributed by atoms with van der Waals surface area (Å²) < 4.78 is 24.4. The summed E-state index contributed by atoms with van der Waals surface area (Å²) >= 11 is 0. The van der Waals surface area contributed by atoms with Gasteiger partial charge in [0, 0.05) is 42.8 Å². The molecule has 1 saturated heterocycles. The Labute approximate surface area is 211 Å². The first-order chi connectivity index (χ1) is 17.5. The van der Waals surface area contributed by atoms with Gasteiger partial charge in [-0.15, -0.1) is 0 Å². The number of hydrogen-bond acceptors (Lipinski definition) is 11. The number of nitrogens with one attached hydrogen (secondary N) is 2. The Kier molecular flexibility index (Phi) is 7.59. The van der Waals surface area contributed by atoms with Crippen molar-refractivity contribution >= 4 is 5.91 Å². The van der Waals surface area contributed by atoms with Crippen molar-refractivity contribution in [2.45, 2.75) is 44.3 Å². The number of pyridine rings is 2. The summed E-state index contributed by atoms with van der Waals surface area (Å²) in [5.41, 5.74) is -1.36. The van der Waals surface area contributed by atoms with Crippen LogP contribution in [0.2, 0.25) is 0 Å². The van der Waals surface area contributed by atoms with Crippen molar-refractivity contribution in [3.8, 4) is 28.8 Å². The molecule has 37 heavy (non-hydrogen) atoms. The van der Waals surface area contributed by atoms with Crippen LogP contribution < -0.4 is 20.1 Å². The largest absolute Gasteiger partial charge is 0.434 e. The summed E-state index contributed by atoms with van der Waals surface area (Å²) in [6, 6.07) is 2.40. The van der Waals surface area contributed by atoms with Crippen LogP contribution >= 0.6 is 0 Å². The molecular weight excluding hydrogens is 487 g/mol. The van der Waals surface area contributed by atoms with E-state index in [0.29, 0.717) is 17.7 Å². The average molecular weight is 515 g/mol. The van der Waals surface area contributed by atoms with E-state index in [0.717, 1.165) is 45.5 Å². The molecular formula is C24H27FN6O6. The lowest BCUT2D eigenvalue weighted by Crippen LogP contribution is -2.54. The number of hydrogen-bond donors (Lipinski definition) is 5. The van der Waals surface area contributed by atoms with Crippen LogP contribution in [0.5, 0.6) is 17.4 Å². The molecule has 0 aliphatic carbocycles. The second-order valence-electron chi connectivity index (χ2n) is 9.05. The first-order valence-corrected chi connectivity index (χ1v) is 11.5. The molecule has 196 valence electrons. The van der Waals surface area contributed by atoms with E-state index in [2.05, 4.69) is 30.6 Å². The third-order valence-corrected chi connectivity index (χ3v) is 5.57. The third kappa shape index (κ3) is 6.51. The number of aromatic nitrogens is 4. The van der Waals surface area contributed by atoms with Crippen molar-refractivity contribution in [3.05, 3.63) is 54.5 Å². The number of carbonyl (C=O) groups excluding carboxylic acids is 1. The first-order valence-electron chi connectivity index (χ1n) is 11.5. The van der Waals surface area contributed by atoms with Gasteiger partial charge in [0.15, 0.2) is 17.2 Å². The summed E-state index contributed by atoms with van der Waals surface area (Å²) in [5, 5.41) is 36.2. The van der Waals surface area contributed by atoms with Crippen molar-refractivity contribution in [1.29, 1.82) is 0 Å². The third-order valence-electron chi connectivity index (χ3n) is 5.57. The minimum absolute atomic E-state index is 0.0539. The van der Waals surface area contributed by atoms with Crippen molar-refractivity contribution in [1.82, 2.24) is 30.6 Å². The number of ether oxygens (including phenoxy) is 2. The van der Waals surface area contributed by atoms with Gasteiger partial charge in [0.25, 0.3) is 11.8 Å². The quantitative estimate of drug-likeness (QED) is 0.273. The van der Waals surface area contributed by atoms with Gasteiger partial charge in [-0.2, -0.15) is 0 Å². The first kappa shape index (κ1) is 26.3. The van der Waals surface area contributed by atoms with Crippen molar-refractivity contribution < 1.29 is 34.0 Å². The van der Waals surface area contributed by atoms with Crippen LogP contribution in [0.3, 0.4) is 0 Å². The number of halogens is 1. The highest BCUT2D eigenvalue weighted by atomic mass is 19.1. The number of nitrogens with zero attached hydrogens (tertiary/aromatic N) is 4. The summed E-state index contributed by atoms with van der Waals surface area (Å²) in [6.45, 7) is 3.84. The summed E-state index contributed by atoms with van der Waals surface area (Å²) in [4.78, 5) is 28.9. The maximum Gasteiger partial charge on any atom is 0.352 e. The van der Waals surface area contributed by atoms with Gasteiger partial charge < -0.3 is 35.4 Å². The minimum Gasteiger partial charge on any atom is -0.434 e. The number of amides is 1. The van der Waals surface area contributed by atoms with Crippen LogP contribution in [-0.4, -0.2) is 71.9 Å². The molecule has 0 bridgehead atoms. The molecule has 1 amide bonds. The van der Waals surface area contributed by atoms with Gasteiger partial charge in [-0.1, -0.05) is 0 Å². The second-order valence-corrected chi connectivity index (χ2v) is 9.05. The van der Waals surface area contributed by atoms with E-state index < -0.39 is 23.1 Å². The van der Waals surface area contributed by atoms with E-state index in [9.17, 15) is 24.5 Å². The van der Waals surface area contributed by atoms with Gasteiger partial charge in [-0.05, 0) is 39.3 Å². The lowest BCUT2D eigenvalue weighted by molar-refractivity contribution is -0.366. The fourth-order valence-corrected chi connectivity index (χ4v) is 3.38. The zero-order chi connectivity index (χ0) is 26.6. The highest BCUT2D eigenvalue weighted by molar-refractivity contribution is 5.93. The van der Waals surface area contributed by atoms with Gasteiger partial charge in [0.1, 0.15) is 11.6 Å². The van der Waals surface area contributed by atoms with E-state index in [1.54, 1.807) is 0 Å². The Morgan fingerprint density at radius 2 is 1.86 bits per heavy atom. The minimum atomic E-state index is -3.07. The van der Waals surface area contributed by atoms with Crippen LogP contribution in [0, 0.1) is 5.82 Å². The van der Waals surface area contributed by atoms with Gasteiger partial charge in [0.05, 0.1) is 18.0 Å². The lowest BCUT2D eigenvalue weighted by atomic mass is 10.1. The molecule has 3 aromatic heterocycles. The molecule has 0 aromatic carbocycles. The number of rotatable bonds is 8. The molecule has 1 aliphatic rings. The molecule has 0 saturated carbocycles. The molecule has 0 spiro atoms. The molecule has 13 heteroatoms. The molecule has 0 radical (unpaired) electrons. The van der Waals surface area contributed by atoms with Crippen LogP contribution in [0.25, 0.3) is 11.4 Å². The molecule has 5 N–H and O–H groups in total. The smallest absolute Gasteiger partial charge is 0.352 e. The molecule has 1 unspecified atom stereocenters. The Hall–Kier alpha value is -3.78. The van der Waals surface area contributed by atoms with Gasteiger partial charge >= 0.3 is 5.97 Å². The SMILES string of the molecule is CC(C)(O)C(O)(O)Oc1cc(F)cnc1Oc1cncc(-c2ncc(C(=O)NC3CCCNC3)cn2)c1. The summed E-state index contributed by atoms with van der Waals surface area (Å²) in [5.74, 6) is -4.57. The second kappa shape index (κ2) is 10.7. The zero-order valence-corrected chi connectivity index (χ0v) is 20.2. The van der Waals surface area contributed by atoms with E-state index in [1.165, 1.54) is 30.9 Å². The fraction of sp³-hybridized carbons (Fsp3) is 0.375. The lowest BCUT2D eigenvalue weighted by Gasteiger charge is -2.33. The van der Waals surface area contributed by atoms with Gasteiger partial charge in [-0.3, -0.25) is 9.78 Å². The Bertz CT molecular complexity index is 1250. The van der Waals surface area contributed by atoms with E-state index in [1.807, 2.05) is 0 Å². The van der Waals surface area contributed by atoms with Crippen LogP contribution in [0.1, 0.15) is 37.0 Å². The number of carbonyl (C=O) groups is 1. The van der Waals surface area contributed by atoms with E-state index in [4.69, 9.17) is 9.47 Å². The maximum atomic E-state index is 13.8. The van der Waals surface area contributed by atoms with E-state index in [-0.39, 0.29) is 29.4 Å². The van der Waals surface area contributed by atoms with Crippen LogP contribution in [0.15, 0.2) is 43.1 Å². The zero-order valence-electron chi connectivity index (χ0n) is 20.2. The molecule has 1 aliphatic heterocycles. The van der Waals surface area contributed by atoms with Crippen LogP contribution in [-0.2, 0) is 0 Å². The molecule has 4 rings (SSSR count). The number of aliphatic hydroxyl groups is 3. The monoisotopic (exact) mass is 514 g/mol. The van der Waals surface area contributed by atoms with Crippen LogP contribution in [0.4, 0.5) is 4.39 Å². The number of piperidine rings is 1. The maximum absolute atomic E-state index is 13.8. The highest BCUT2D eigenvalue weighted by Gasteiger charge is 2.44. The normalized spacial score (nSPS) is 16.2. The molecule has 1 fully saturated rings.